The first-order valence-electron chi connectivity index (χ1n) is 6.59. The maximum atomic E-state index is 12.1. The van der Waals surface area contributed by atoms with Gasteiger partial charge in [0.1, 0.15) is 11.9 Å². The highest BCUT2D eigenvalue weighted by Gasteiger charge is 2.33. The van der Waals surface area contributed by atoms with Gasteiger partial charge >= 0.3 is 0 Å². The Kier molecular flexibility index (Phi) is 4.52. The molecule has 1 fully saturated rings. The van der Waals surface area contributed by atoms with Gasteiger partial charge in [-0.3, -0.25) is 9.59 Å². The number of hydrogen-bond acceptors (Lipinski definition) is 5. The molecule has 7 nitrogen and oxygen atoms in total. The van der Waals surface area contributed by atoms with Crippen molar-refractivity contribution in [2.75, 3.05) is 18.8 Å². The fourth-order valence-electron chi connectivity index (χ4n) is 2.30. The van der Waals surface area contributed by atoms with Gasteiger partial charge in [0.25, 0.3) is 0 Å². The molecule has 1 aromatic rings. The Labute approximate surface area is 117 Å². The van der Waals surface area contributed by atoms with E-state index in [0.717, 1.165) is 12.0 Å². The van der Waals surface area contributed by atoms with Crippen LogP contribution in [0.3, 0.4) is 0 Å². The molecular formula is C13H19N5O2. The second-order valence-corrected chi connectivity index (χ2v) is 4.76. The van der Waals surface area contributed by atoms with Crippen molar-refractivity contribution >= 4 is 17.6 Å². The zero-order valence-electron chi connectivity index (χ0n) is 11.2. The molecule has 0 aromatic carbocycles. The highest BCUT2D eigenvalue weighted by Crippen LogP contribution is 2.17. The molecule has 0 saturated carbocycles. The zero-order chi connectivity index (χ0) is 14.5. The lowest BCUT2D eigenvalue weighted by Crippen LogP contribution is -2.47. The lowest BCUT2D eigenvalue weighted by molar-refractivity contribution is -0.137. The van der Waals surface area contributed by atoms with Crippen LogP contribution in [0.15, 0.2) is 18.3 Å². The first-order chi connectivity index (χ1) is 9.61. The summed E-state index contributed by atoms with van der Waals surface area (Å²) in [6.45, 7) is 0.899. The van der Waals surface area contributed by atoms with Gasteiger partial charge < -0.3 is 21.7 Å². The van der Waals surface area contributed by atoms with Gasteiger partial charge in [-0.05, 0) is 24.5 Å². The van der Waals surface area contributed by atoms with E-state index in [4.69, 9.17) is 11.5 Å². The number of nitrogen functional groups attached to an aromatic ring is 1. The van der Waals surface area contributed by atoms with Crippen LogP contribution >= 0.6 is 0 Å². The average Bonchev–Trinajstić information content (AvgIpc) is 2.95. The molecule has 108 valence electrons. The van der Waals surface area contributed by atoms with E-state index in [2.05, 4.69) is 10.3 Å². The van der Waals surface area contributed by atoms with Gasteiger partial charge in [0.05, 0.1) is 6.54 Å². The van der Waals surface area contributed by atoms with Gasteiger partial charge in [-0.15, -0.1) is 0 Å². The molecule has 1 aromatic heterocycles. The molecule has 0 unspecified atom stereocenters. The smallest absolute Gasteiger partial charge is 0.243 e. The number of nitrogens with zero attached hydrogens (tertiary/aromatic N) is 2. The van der Waals surface area contributed by atoms with Crippen LogP contribution in [-0.4, -0.2) is 40.8 Å². The molecule has 1 saturated heterocycles. The second-order valence-electron chi connectivity index (χ2n) is 4.76. The predicted octanol–water partition coefficient (Wildman–Crippen LogP) is -0.770. The summed E-state index contributed by atoms with van der Waals surface area (Å²) in [5, 5.41) is 2.81. The lowest BCUT2D eigenvalue weighted by Gasteiger charge is -2.23. The fraction of sp³-hybridized carbons (Fsp3) is 0.462. The second kappa shape index (κ2) is 6.33. The van der Waals surface area contributed by atoms with Crippen LogP contribution in [-0.2, 0) is 16.1 Å². The Balaban J connectivity index is 1.91. The Morgan fingerprint density at radius 1 is 1.45 bits per heavy atom. The third kappa shape index (κ3) is 3.24. The monoisotopic (exact) mass is 277 g/mol. The lowest BCUT2D eigenvalue weighted by atomic mass is 10.2. The van der Waals surface area contributed by atoms with Gasteiger partial charge in [-0.2, -0.15) is 0 Å². The van der Waals surface area contributed by atoms with E-state index < -0.39 is 6.04 Å². The number of pyridine rings is 1. The highest BCUT2D eigenvalue weighted by atomic mass is 16.2. The van der Waals surface area contributed by atoms with Crippen molar-refractivity contribution in [1.29, 1.82) is 0 Å². The van der Waals surface area contributed by atoms with Crippen LogP contribution in [0.25, 0.3) is 0 Å². The van der Waals surface area contributed by atoms with Gasteiger partial charge in [0.2, 0.25) is 11.8 Å². The standard InChI is InChI=1S/C13H19N5O2/c14-6-12(19)18-5-1-2-10(18)13(20)17-8-9-3-4-11(15)16-7-9/h3-4,7,10H,1-2,5-6,8,14H2,(H2,15,16)(H,17,20)/t10-/m0/s1. The number of carbonyl (C=O) groups is 2. The quantitative estimate of drug-likeness (QED) is 0.668. The number of rotatable bonds is 4. The van der Waals surface area contributed by atoms with E-state index in [1.54, 1.807) is 23.2 Å². The first-order valence-corrected chi connectivity index (χ1v) is 6.59. The van der Waals surface area contributed by atoms with Crippen LogP contribution in [0, 0.1) is 0 Å². The Morgan fingerprint density at radius 2 is 2.25 bits per heavy atom. The number of nitrogens with one attached hydrogen (secondary N) is 1. The van der Waals surface area contributed by atoms with Gasteiger partial charge in [0.15, 0.2) is 0 Å². The largest absolute Gasteiger partial charge is 0.384 e. The number of carbonyl (C=O) groups excluding carboxylic acids is 2. The van der Waals surface area contributed by atoms with E-state index >= 15 is 0 Å². The van der Waals surface area contributed by atoms with Crippen molar-refractivity contribution in [3.05, 3.63) is 23.9 Å². The van der Waals surface area contributed by atoms with Crippen molar-refractivity contribution in [2.45, 2.75) is 25.4 Å². The minimum atomic E-state index is -0.409. The predicted molar refractivity (Wildman–Crippen MR) is 74.3 cm³/mol. The maximum Gasteiger partial charge on any atom is 0.243 e. The number of aromatic nitrogens is 1. The summed E-state index contributed by atoms with van der Waals surface area (Å²) in [5.41, 5.74) is 11.7. The van der Waals surface area contributed by atoms with E-state index in [1.165, 1.54) is 0 Å². The van der Waals surface area contributed by atoms with E-state index in [1.807, 2.05) is 0 Å². The number of amides is 2. The summed E-state index contributed by atoms with van der Waals surface area (Å²) in [6.07, 6.45) is 3.12. The molecule has 7 heteroatoms. The topological polar surface area (TPSA) is 114 Å². The first kappa shape index (κ1) is 14.3. The van der Waals surface area contributed by atoms with Gasteiger partial charge in [-0.1, -0.05) is 6.07 Å². The molecule has 2 rings (SSSR count). The third-order valence-electron chi connectivity index (χ3n) is 3.36. The Morgan fingerprint density at radius 3 is 2.90 bits per heavy atom. The van der Waals surface area contributed by atoms with Crippen LogP contribution in [0.5, 0.6) is 0 Å². The molecule has 1 aliphatic rings. The van der Waals surface area contributed by atoms with Crippen LogP contribution in [0.4, 0.5) is 5.82 Å². The SMILES string of the molecule is NCC(=O)N1CCC[C@H]1C(=O)NCc1ccc(N)nc1. The molecule has 0 aliphatic carbocycles. The van der Waals surface area contributed by atoms with Crippen LogP contribution in [0.1, 0.15) is 18.4 Å². The summed E-state index contributed by atoms with van der Waals surface area (Å²) in [4.78, 5) is 29.3. The molecule has 1 atom stereocenters. The minimum absolute atomic E-state index is 0.0638. The number of nitrogens with two attached hydrogens (primary N) is 2. The highest BCUT2D eigenvalue weighted by molar-refractivity contribution is 5.88. The zero-order valence-corrected chi connectivity index (χ0v) is 11.2. The summed E-state index contributed by atoms with van der Waals surface area (Å²) in [7, 11) is 0. The molecule has 0 bridgehead atoms. The van der Waals surface area contributed by atoms with Crippen LogP contribution < -0.4 is 16.8 Å². The Hall–Kier alpha value is -2.15. The van der Waals surface area contributed by atoms with Crippen LogP contribution in [0.2, 0.25) is 0 Å². The molecular weight excluding hydrogens is 258 g/mol. The number of hydrogen-bond donors (Lipinski definition) is 3. The van der Waals surface area contributed by atoms with Crippen molar-refractivity contribution in [3.8, 4) is 0 Å². The summed E-state index contributed by atoms with van der Waals surface area (Å²) in [6, 6.07) is 3.08. The van der Waals surface area contributed by atoms with Crippen molar-refractivity contribution < 1.29 is 9.59 Å². The normalized spacial score (nSPS) is 18.1. The molecule has 1 aliphatic heterocycles. The molecule has 5 N–H and O–H groups in total. The van der Waals surface area contributed by atoms with Gasteiger partial charge in [-0.25, -0.2) is 4.98 Å². The minimum Gasteiger partial charge on any atom is -0.384 e. The average molecular weight is 277 g/mol. The molecule has 0 radical (unpaired) electrons. The summed E-state index contributed by atoms with van der Waals surface area (Å²) < 4.78 is 0. The van der Waals surface area contributed by atoms with Crippen molar-refractivity contribution in [3.63, 3.8) is 0 Å². The summed E-state index contributed by atoms with van der Waals surface area (Å²) >= 11 is 0. The fourth-order valence-corrected chi connectivity index (χ4v) is 2.30. The number of anilines is 1. The van der Waals surface area contributed by atoms with E-state index in [0.29, 0.717) is 25.3 Å². The maximum absolute atomic E-state index is 12.1. The Bertz CT molecular complexity index is 488. The van der Waals surface area contributed by atoms with E-state index in [9.17, 15) is 9.59 Å². The van der Waals surface area contributed by atoms with E-state index in [-0.39, 0.29) is 18.4 Å². The van der Waals surface area contributed by atoms with Crippen molar-refractivity contribution in [2.24, 2.45) is 5.73 Å². The molecule has 0 spiro atoms. The number of likely N-dealkylation sites (tertiary alicyclic amines) is 1. The third-order valence-corrected chi connectivity index (χ3v) is 3.36. The summed E-state index contributed by atoms with van der Waals surface area (Å²) in [5.74, 6) is 0.105. The van der Waals surface area contributed by atoms with Crippen molar-refractivity contribution in [1.82, 2.24) is 15.2 Å². The molecule has 20 heavy (non-hydrogen) atoms. The van der Waals surface area contributed by atoms with Gasteiger partial charge in [0, 0.05) is 19.3 Å². The molecule has 2 heterocycles. The molecule has 2 amide bonds.